The summed E-state index contributed by atoms with van der Waals surface area (Å²) in [6, 6.07) is 12.0. The Labute approximate surface area is 165 Å². The summed E-state index contributed by atoms with van der Waals surface area (Å²) in [7, 11) is -2.06. The summed E-state index contributed by atoms with van der Waals surface area (Å²) in [6.45, 7) is 3.58. The lowest BCUT2D eigenvalue weighted by Gasteiger charge is -2.26. The number of morpholine rings is 1. The van der Waals surface area contributed by atoms with E-state index in [4.69, 9.17) is 9.47 Å². The number of nitrogens with zero attached hydrogens (tertiary/aromatic N) is 1. The van der Waals surface area contributed by atoms with Crippen molar-refractivity contribution < 1.29 is 22.7 Å². The fraction of sp³-hybridized carbons (Fsp3) is 0.350. The molecule has 1 N–H and O–H groups in total. The van der Waals surface area contributed by atoms with Gasteiger partial charge in [0.15, 0.2) is 0 Å². The first-order valence-electron chi connectivity index (χ1n) is 8.99. The molecule has 0 unspecified atom stereocenters. The van der Waals surface area contributed by atoms with E-state index in [9.17, 15) is 13.2 Å². The van der Waals surface area contributed by atoms with E-state index in [-0.39, 0.29) is 10.8 Å². The number of hydrogen-bond donors (Lipinski definition) is 1. The molecule has 0 atom stereocenters. The topological polar surface area (TPSA) is 84.9 Å². The van der Waals surface area contributed by atoms with Gasteiger partial charge in [0.05, 0.1) is 24.7 Å². The van der Waals surface area contributed by atoms with Gasteiger partial charge in [-0.25, -0.2) is 8.42 Å². The van der Waals surface area contributed by atoms with Crippen LogP contribution in [0.5, 0.6) is 0 Å². The number of carbonyl (C=O) groups is 1. The summed E-state index contributed by atoms with van der Waals surface area (Å²) >= 11 is 0. The second kappa shape index (κ2) is 8.83. The van der Waals surface area contributed by atoms with Crippen molar-refractivity contribution in [2.24, 2.45) is 0 Å². The van der Waals surface area contributed by atoms with Crippen molar-refractivity contribution in [1.82, 2.24) is 4.31 Å². The van der Waals surface area contributed by atoms with Crippen LogP contribution in [0.3, 0.4) is 0 Å². The van der Waals surface area contributed by atoms with Crippen molar-refractivity contribution in [3.63, 3.8) is 0 Å². The van der Waals surface area contributed by atoms with Crippen LogP contribution in [0.2, 0.25) is 0 Å². The van der Waals surface area contributed by atoms with E-state index >= 15 is 0 Å². The average Bonchev–Trinajstić information content (AvgIpc) is 2.69. The number of hydrogen-bond acceptors (Lipinski definition) is 5. The van der Waals surface area contributed by atoms with Crippen molar-refractivity contribution in [1.29, 1.82) is 0 Å². The maximum atomic E-state index is 12.9. The summed E-state index contributed by atoms with van der Waals surface area (Å²) in [6.07, 6.45) is 0. The monoisotopic (exact) mass is 404 g/mol. The van der Waals surface area contributed by atoms with Gasteiger partial charge < -0.3 is 14.8 Å². The average molecular weight is 404 g/mol. The SMILES string of the molecule is COCc1cccc(NC(=O)c2cc(S(=O)(=O)N3CCOCC3)ccc2C)c1. The van der Waals surface area contributed by atoms with Gasteiger partial charge in [-0.2, -0.15) is 4.31 Å². The summed E-state index contributed by atoms with van der Waals surface area (Å²) in [4.78, 5) is 12.9. The van der Waals surface area contributed by atoms with Crippen LogP contribution < -0.4 is 5.32 Å². The Morgan fingerprint density at radius 2 is 1.93 bits per heavy atom. The maximum absolute atomic E-state index is 12.9. The van der Waals surface area contributed by atoms with Crippen molar-refractivity contribution in [3.05, 3.63) is 59.2 Å². The van der Waals surface area contributed by atoms with Gasteiger partial charge in [0.25, 0.3) is 5.91 Å². The minimum Gasteiger partial charge on any atom is -0.380 e. The predicted molar refractivity (Wildman–Crippen MR) is 106 cm³/mol. The van der Waals surface area contributed by atoms with E-state index in [1.165, 1.54) is 16.4 Å². The number of rotatable bonds is 6. The van der Waals surface area contributed by atoms with Gasteiger partial charge in [-0.3, -0.25) is 4.79 Å². The molecule has 8 heteroatoms. The van der Waals surface area contributed by atoms with Crippen molar-refractivity contribution in [2.45, 2.75) is 18.4 Å². The smallest absolute Gasteiger partial charge is 0.255 e. The summed E-state index contributed by atoms with van der Waals surface area (Å²) in [5, 5.41) is 2.83. The zero-order valence-electron chi connectivity index (χ0n) is 16.0. The highest BCUT2D eigenvalue weighted by Gasteiger charge is 2.27. The number of carbonyl (C=O) groups excluding carboxylic acids is 1. The van der Waals surface area contributed by atoms with Crippen LogP contribution in [0.4, 0.5) is 5.69 Å². The number of methoxy groups -OCH3 is 1. The van der Waals surface area contributed by atoms with Crippen molar-refractivity contribution in [3.8, 4) is 0 Å². The van der Waals surface area contributed by atoms with E-state index in [1.807, 2.05) is 18.2 Å². The van der Waals surface area contributed by atoms with Gasteiger partial charge in [-0.15, -0.1) is 0 Å². The van der Waals surface area contributed by atoms with E-state index < -0.39 is 10.0 Å². The molecule has 3 rings (SSSR count). The third kappa shape index (κ3) is 4.59. The first-order valence-corrected chi connectivity index (χ1v) is 10.4. The highest BCUT2D eigenvalue weighted by molar-refractivity contribution is 7.89. The van der Waals surface area contributed by atoms with Crippen LogP contribution in [-0.2, 0) is 26.1 Å². The molecule has 0 aromatic heterocycles. The van der Waals surface area contributed by atoms with Crippen LogP contribution in [0.1, 0.15) is 21.5 Å². The molecule has 1 amide bonds. The second-order valence-corrected chi connectivity index (χ2v) is 8.52. The lowest BCUT2D eigenvalue weighted by Crippen LogP contribution is -2.40. The van der Waals surface area contributed by atoms with E-state index in [2.05, 4.69) is 5.32 Å². The quantitative estimate of drug-likeness (QED) is 0.799. The summed E-state index contributed by atoms with van der Waals surface area (Å²) < 4.78 is 37.5. The second-order valence-electron chi connectivity index (χ2n) is 6.58. The van der Waals surface area contributed by atoms with Gasteiger partial charge >= 0.3 is 0 Å². The Hall–Kier alpha value is -2.26. The number of benzene rings is 2. The normalized spacial score (nSPS) is 15.4. The Balaban J connectivity index is 1.84. The molecular weight excluding hydrogens is 380 g/mol. The van der Waals surface area contributed by atoms with E-state index in [0.29, 0.717) is 49.7 Å². The van der Waals surface area contributed by atoms with Crippen LogP contribution in [0, 0.1) is 6.92 Å². The molecule has 1 saturated heterocycles. The third-order valence-electron chi connectivity index (χ3n) is 4.56. The zero-order chi connectivity index (χ0) is 20.1. The Kier molecular flexibility index (Phi) is 6.46. The van der Waals surface area contributed by atoms with Crippen LogP contribution in [0.15, 0.2) is 47.4 Å². The first kappa shape index (κ1) is 20.5. The molecule has 1 fully saturated rings. The fourth-order valence-electron chi connectivity index (χ4n) is 3.05. The highest BCUT2D eigenvalue weighted by Crippen LogP contribution is 2.22. The molecule has 0 bridgehead atoms. The van der Waals surface area contributed by atoms with Crippen LogP contribution in [-0.4, -0.2) is 52.0 Å². The summed E-state index contributed by atoms with van der Waals surface area (Å²) in [5.41, 5.74) is 2.58. The molecule has 0 aliphatic carbocycles. The Morgan fingerprint density at radius 1 is 1.18 bits per heavy atom. The summed E-state index contributed by atoms with van der Waals surface area (Å²) in [5.74, 6) is -0.355. The van der Waals surface area contributed by atoms with Gasteiger partial charge in [-0.1, -0.05) is 18.2 Å². The molecule has 7 nitrogen and oxygen atoms in total. The minimum absolute atomic E-state index is 0.110. The van der Waals surface area contributed by atoms with E-state index in [0.717, 1.165) is 5.56 Å². The number of aryl methyl sites for hydroxylation is 1. The molecular formula is C20H24N2O5S. The number of nitrogens with one attached hydrogen (secondary N) is 1. The van der Waals surface area contributed by atoms with E-state index in [1.54, 1.807) is 26.2 Å². The highest BCUT2D eigenvalue weighted by atomic mass is 32.2. The van der Waals surface area contributed by atoms with Crippen molar-refractivity contribution >= 4 is 21.6 Å². The molecule has 2 aromatic rings. The number of anilines is 1. The minimum atomic E-state index is -3.66. The largest absolute Gasteiger partial charge is 0.380 e. The number of sulfonamides is 1. The van der Waals surface area contributed by atoms with Crippen LogP contribution >= 0.6 is 0 Å². The standard InChI is InChI=1S/C20H24N2O5S/c1-15-6-7-18(28(24,25)22-8-10-27-11-9-22)13-19(15)20(23)21-17-5-3-4-16(12-17)14-26-2/h3-7,12-13H,8-11,14H2,1-2H3,(H,21,23). The zero-order valence-corrected chi connectivity index (χ0v) is 16.8. The van der Waals surface area contributed by atoms with Crippen LogP contribution in [0.25, 0.3) is 0 Å². The predicted octanol–water partition coefficient (Wildman–Crippen LogP) is 2.41. The first-order chi connectivity index (χ1) is 13.4. The molecule has 1 aliphatic heterocycles. The Morgan fingerprint density at radius 3 is 2.64 bits per heavy atom. The Bertz CT molecular complexity index is 953. The fourth-order valence-corrected chi connectivity index (χ4v) is 4.48. The molecule has 28 heavy (non-hydrogen) atoms. The molecule has 0 spiro atoms. The number of amides is 1. The molecule has 1 heterocycles. The maximum Gasteiger partial charge on any atom is 0.255 e. The molecule has 1 aliphatic rings. The lowest BCUT2D eigenvalue weighted by atomic mass is 10.1. The van der Waals surface area contributed by atoms with Crippen molar-refractivity contribution in [2.75, 3.05) is 38.7 Å². The van der Waals surface area contributed by atoms with Gasteiger partial charge in [0.1, 0.15) is 0 Å². The number of ether oxygens (including phenoxy) is 2. The lowest BCUT2D eigenvalue weighted by molar-refractivity contribution is 0.0730. The molecule has 2 aromatic carbocycles. The third-order valence-corrected chi connectivity index (χ3v) is 6.45. The van der Waals surface area contributed by atoms with Gasteiger partial charge in [0, 0.05) is 31.5 Å². The molecule has 0 radical (unpaired) electrons. The molecule has 0 saturated carbocycles. The molecule has 150 valence electrons. The van der Waals surface area contributed by atoms with Gasteiger partial charge in [0.2, 0.25) is 10.0 Å². The van der Waals surface area contributed by atoms with Gasteiger partial charge in [-0.05, 0) is 42.3 Å².